The maximum atomic E-state index is 14.5. The zero-order valence-corrected chi connectivity index (χ0v) is 14.0. The standard InChI is InChI=1S/C19H11ClF3N3/c20-18-16(15-13(22)9-12(21)10-14(15)23)17(11-5-3-1-2-4-6-11)26-8-7-24-19(26)25-18/h1-5,7-10H,6H2. The molecule has 0 saturated heterocycles. The number of imidazole rings is 1. The quantitative estimate of drug-likeness (QED) is 0.565. The Kier molecular flexibility index (Phi) is 4.12. The van der Waals surface area contributed by atoms with Crippen molar-refractivity contribution in [2.24, 2.45) is 0 Å². The van der Waals surface area contributed by atoms with E-state index in [0.717, 1.165) is 5.57 Å². The Hall–Kier alpha value is -2.86. The summed E-state index contributed by atoms with van der Waals surface area (Å²) < 4.78 is 44.0. The van der Waals surface area contributed by atoms with Gasteiger partial charge in [-0.15, -0.1) is 0 Å². The Morgan fingerprint density at radius 1 is 1.00 bits per heavy atom. The van der Waals surface area contributed by atoms with Crippen molar-refractivity contribution in [3.05, 3.63) is 83.2 Å². The van der Waals surface area contributed by atoms with Crippen molar-refractivity contribution in [2.45, 2.75) is 6.42 Å². The van der Waals surface area contributed by atoms with E-state index in [1.807, 2.05) is 30.4 Å². The zero-order valence-electron chi connectivity index (χ0n) is 13.3. The molecule has 3 aromatic rings. The molecular formula is C19H11ClF3N3. The van der Waals surface area contributed by atoms with Crippen LogP contribution in [0.25, 0.3) is 22.5 Å². The Bertz CT molecular complexity index is 1090. The van der Waals surface area contributed by atoms with Gasteiger partial charge in [0, 0.05) is 30.1 Å². The van der Waals surface area contributed by atoms with Gasteiger partial charge >= 0.3 is 0 Å². The van der Waals surface area contributed by atoms with Crippen molar-refractivity contribution in [2.75, 3.05) is 0 Å². The zero-order chi connectivity index (χ0) is 18.3. The molecule has 3 nitrogen and oxygen atoms in total. The van der Waals surface area contributed by atoms with E-state index in [0.29, 0.717) is 30.0 Å². The Morgan fingerprint density at radius 2 is 1.77 bits per heavy atom. The summed E-state index contributed by atoms with van der Waals surface area (Å²) in [5.41, 5.74) is 0.855. The van der Waals surface area contributed by atoms with E-state index in [1.165, 1.54) is 6.20 Å². The van der Waals surface area contributed by atoms with Crippen LogP contribution >= 0.6 is 11.6 Å². The predicted octanol–water partition coefficient (Wildman–Crippen LogP) is 5.37. The van der Waals surface area contributed by atoms with Gasteiger partial charge in [0.25, 0.3) is 0 Å². The van der Waals surface area contributed by atoms with Crippen LogP contribution in [0.15, 0.2) is 54.9 Å². The van der Waals surface area contributed by atoms with Crippen molar-refractivity contribution in [3.8, 4) is 11.1 Å². The molecule has 0 bridgehead atoms. The van der Waals surface area contributed by atoms with Gasteiger partial charge in [-0.3, -0.25) is 4.40 Å². The Labute approximate surface area is 151 Å². The lowest BCUT2D eigenvalue weighted by Crippen LogP contribution is -2.05. The molecule has 130 valence electrons. The normalized spacial score (nSPS) is 13.9. The first-order valence-electron chi connectivity index (χ1n) is 7.76. The first-order valence-corrected chi connectivity index (χ1v) is 8.14. The third-order valence-corrected chi connectivity index (χ3v) is 4.33. The summed E-state index contributed by atoms with van der Waals surface area (Å²) in [5, 5.41) is -0.110. The van der Waals surface area contributed by atoms with Gasteiger partial charge in [0.1, 0.15) is 22.6 Å². The topological polar surface area (TPSA) is 30.2 Å². The molecule has 7 heteroatoms. The minimum Gasteiger partial charge on any atom is -0.283 e. The fraction of sp³-hybridized carbons (Fsp3) is 0.0526. The summed E-state index contributed by atoms with van der Waals surface area (Å²) >= 11 is 6.29. The molecule has 26 heavy (non-hydrogen) atoms. The highest BCUT2D eigenvalue weighted by molar-refractivity contribution is 6.32. The number of hydrogen-bond donors (Lipinski definition) is 0. The minimum absolute atomic E-state index is 0.0575. The van der Waals surface area contributed by atoms with Crippen LogP contribution < -0.4 is 0 Å². The summed E-state index contributed by atoms with van der Waals surface area (Å²) in [4.78, 5) is 8.23. The summed E-state index contributed by atoms with van der Waals surface area (Å²) in [6.45, 7) is 0. The van der Waals surface area contributed by atoms with E-state index >= 15 is 0 Å². The summed E-state index contributed by atoms with van der Waals surface area (Å²) in [5.74, 6) is -2.80. The monoisotopic (exact) mass is 373 g/mol. The largest absolute Gasteiger partial charge is 0.283 e. The van der Waals surface area contributed by atoms with Gasteiger partial charge in [0.15, 0.2) is 0 Å². The molecule has 1 aromatic carbocycles. The van der Waals surface area contributed by atoms with Gasteiger partial charge in [0.05, 0.1) is 11.3 Å². The molecule has 2 heterocycles. The number of fused-ring (bicyclic) bond motifs is 1. The van der Waals surface area contributed by atoms with Crippen molar-refractivity contribution in [3.63, 3.8) is 0 Å². The second-order valence-corrected chi connectivity index (χ2v) is 6.03. The Morgan fingerprint density at radius 3 is 2.54 bits per heavy atom. The SMILES string of the molecule is Fc1cc(F)c(-c2c(Cl)nc3nccn3c2C2=CC=CC=CC2)c(F)c1. The van der Waals surface area contributed by atoms with Crippen molar-refractivity contribution < 1.29 is 13.2 Å². The molecule has 0 saturated carbocycles. The first-order chi connectivity index (χ1) is 12.6. The van der Waals surface area contributed by atoms with Crippen molar-refractivity contribution >= 4 is 23.0 Å². The molecule has 1 aliphatic carbocycles. The van der Waals surface area contributed by atoms with E-state index in [9.17, 15) is 13.2 Å². The summed E-state index contributed by atoms with van der Waals surface area (Å²) in [7, 11) is 0. The van der Waals surface area contributed by atoms with Gasteiger partial charge < -0.3 is 0 Å². The highest BCUT2D eigenvalue weighted by atomic mass is 35.5. The molecule has 0 radical (unpaired) electrons. The van der Waals surface area contributed by atoms with E-state index < -0.39 is 23.0 Å². The van der Waals surface area contributed by atoms with Crippen LogP contribution in [-0.4, -0.2) is 14.4 Å². The molecule has 2 aromatic heterocycles. The lowest BCUT2D eigenvalue weighted by Gasteiger charge is -2.16. The number of nitrogens with zero attached hydrogens (tertiary/aromatic N) is 3. The average molecular weight is 374 g/mol. The molecule has 1 aliphatic rings. The fourth-order valence-electron chi connectivity index (χ4n) is 2.99. The van der Waals surface area contributed by atoms with E-state index in [-0.39, 0.29) is 10.7 Å². The first kappa shape index (κ1) is 16.6. The smallest absolute Gasteiger partial charge is 0.235 e. The molecule has 0 N–H and O–H groups in total. The molecule has 0 amide bonds. The second-order valence-electron chi connectivity index (χ2n) is 5.68. The van der Waals surface area contributed by atoms with Crippen LogP contribution in [-0.2, 0) is 0 Å². The van der Waals surface area contributed by atoms with Crippen LogP contribution in [0.2, 0.25) is 5.15 Å². The minimum atomic E-state index is -1.05. The molecule has 4 rings (SSSR count). The van der Waals surface area contributed by atoms with E-state index in [1.54, 1.807) is 10.6 Å². The maximum absolute atomic E-state index is 14.5. The van der Waals surface area contributed by atoms with Crippen molar-refractivity contribution in [1.82, 2.24) is 14.4 Å². The number of rotatable bonds is 2. The van der Waals surface area contributed by atoms with Crippen LogP contribution in [0.4, 0.5) is 13.2 Å². The predicted molar refractivity (Wildman–Crippen MR) is 94.2 cm³/mol. The molecular weight excluding hydrogens is 363 g/mol. The maximum Gasteiger partial charge on any atom is 0.235 e. The number of hydrogen-bond acceptors (Lipinski definition) is 2. The lowest BCUT2D eigenvalue weighted by atomic mass is 9.97. The highest BCUT2D eigenvalue weighted by Gasteiger charge is 2.24. The third-order valence-electron chi connectivity index (χ3n) is 4.06. The number of allylic oxidation sites excluding steroid dienone is 6. The van der Waals surface area contributed by atoms with Gasteiger partial charge in [-0.25, -0.2) is 18.2 Å². The molecule has 0 fully saturated rings. The molecule has 0 spiro atoms. The van der Waals surface area contributed by atoms with E-state index in [4.69, 9.17) is 11.6 Å². The van der Waals surface area contributed by atoms with Crippen LogP contribution in [0, 0.1) is 17.5 Å². The summed E-state index contributed by atoms with van der Waals surface area (Å²) in [6.07, 6.45) is 12.9. The second kappa shape index (κ2) is 6.46. The lowest BCUT2D eigenvalue weighted by molar-refractivity contribution is 0.547. The van der Waals surface area contributed by atoms with Crippen LogP contribution in [0.3, 0.4) is 0 Å². The number of aromatic nitrogens is 3. The van der Waals surface area contributed by atoms with Crippen molar-refractivity contribution in [1.29, 1.82) is 0 Å². The average Bonchev–Trinajstić information content (AvgIpc) is 2.87. The van der Waals surface area contributed by atoms with E-state index in [2.05, 4.69) is 9.97 Å². The van der Waals surface area contributed by atoms with Gasteiger partial charge in [-0.2, -0.15) is 4.98 Å². The third kappa shape index (κ3) is 2.72. The fourth-order valence-corrected chi connectivity index (χ4v) is 3.25. The van der Waals surface area contributed by atoms with Gasteiger partial charge in [0.2, 0.25) is 5.78 Å². The van der Waals surface area contributed by atoms with Gasteiger partial charge in [-0.05, 0) is 12.0 Å². The highest BCUT2D eigenvalue weighted by Crippen LogP contribution is 2.39. The summed E-state index contributed by atoms with van der Waals surface area (Å²) in [6, 6.07) is 1.25. The van der Waals surface area contributed by atoms with Gasteiger partial charge in [-0.1, -0.05) is 42.0 Å². The number of halogens is 4. The molecule has 0 unspecified atom stereocenters. The van der Waals surface area contributed by atoms with Crippen LogP contribution in [0.1, 0.15) is 12.1 Å². The molecule has 0 atom stereocenters. The molecule has 0 aliphatic heterocycles. The van der Waals surface area contributed by atoms with Crippen LogP contribution in [0.5, 0.6) is 0 Å². The number of benzene rings is 1. The Balaban J connectivity index is 2.12.